The Bertz CT molecular complexity index is 166. The fourth-order valence-electron chi connectivity index (χ4n) is 2.24. The molecule has 1 N–H and O–H groups in total. The van der Waals surface area contributed by atoms with Crippen molar-refractivity contribution in [2.75, 3.05) is 7.05 Å². The van der Waals surface area contributed by atoms with Gasteiger partial charge < -0.3 is 5.32 Å². The molecule has 0 aliphatic carbocycles. The summed E-state index contributed by atoms with van der Waals surface area (Å²) in [6.45, 7) is 8.64. The molecule has 0 bridgehead atoms. The zero-order chi connectivity index (χ0) is 11.1. The topological polar surface area (TPSA) is 29.1 Å². The minimum atomic E-state index is 0.185. The predicted octanol–water partition coefficient (Wildman–Crippen LogP) is 2.83. The van der Waals surface area contributed by atoms with Crippen LogP contribution in [0.1, 0.15) is 47.0 Å². The quantitative estimate of drug-likeness (QED) is 0.700. The van der Waals surface area contributed by atoms with Gasteiger partial charge >= 0.3 is 0 Å². The van der Waals surface area contributed by atoms with Crippen molar-refractivity contribution in [1.82, 2.24) is 5.32 Å². The van der Waals surface area contributed by atoms with E-state index in [1.807, 2.05) is 0 Å². The summed E-state index contributed by atoms with van der Waals surface area (Å²) in [6.07, 6.45) is 3.43. The van der Waals surface area contributed by atoms with Crippen LogP contribution in [-0.4, -0.2) is 13.0 Å². The summed E-state index contributed by atoms with van der Waals surface area (Å²) in [6, 6.07) is 0. The predicted molar refractivity (Wildman–Crippen MR) is 61.1 cm³/mol. The summed E-state index contributed by atoms with van der Waals surface area (Å²) in [4.78, 5) is 11.7. The van der Waals surface area contributed by atoms with Crippen LogP contribution in [-0.2, 0) is 4.79 Å². The Morgan fingerprint density at radius 1 is 1.29 bits per heavy atom. The van der Waals surface area contributed by atoms with Gasteiger partial charge in [0.05, 0.1) is 0 Å². The molecule has 2 atom stereocenters. The van der Waals surface area contributed by atoms with Crippen LogP contribution in [0.2, 0.25) is 0 Å². The maximum absolute atomic E-state index is 11.7. The lowest BCUT2D eigenvalue weighted by Crippen LogP contribution is -2.36. The molecule has 2 unspecified atom stereocenters. The largest absolute Gasteiger partial charge is 0.359 e. The van der Waals surface area contributed by atoms with Crippen LogP contribution in [0.15, 0.2) is 0 Å². The van der Waals surface area contributed by atoms with Gasteiger partial charge in [-0.3, -0.25) is 4.79 Å². The highest BCUT2D eigenvalue weighted by atomic mass is 16.1. The smallest absolute Gasteiger partial charge is 0.223 e. The lowest BCUT2D eigenvalue weighted by atomic mass is 9.79. The molecule has 0 rings (SSSR count). The molecule has 1 amide bonds. The first-order valence-corrected chi connectivity index (χ1v) is 5.79. The second-order valence-electron chi connectivity index (χ2n) is 4.34. The molecule has 0 spiro atoms. The maximum Gasteiger partial charge on any atom is 0.223 e. The van der Waals surface area contributed by atoms with E-state index in [0.29, 0.717) is 11.8 Å². The number of rotatable bonds is 6. The van der Waals surface area contributed by atoms with Gasteiger partial charge in [-0.15, -0.1) is 0 Å². The summed E-state index contributed by atoms with van der Waals surface area (Å²) >= 11 is 0. The van der Waals surface area contributed by atoms with Gasteiger partial charge in [0.25, 0.3) is 0 Å². The Balaban J connectivity index is 4.51. The fourth-order valence-corrected chi connectivity index (χ4v) is 2.24. The second-order valence-corrected chi connectivity index (χ2v) is 4.34. The highest BCUT2D eigenvalue weighted by Gasteiger charge is 2.28. The van der Waals surface area contributed by atoms with E-state index in [-0.39, 0.29) is 11.8 Å². The monoisotopic (exact) mass is 199 g/mol. The van der Waals surface area contributed by atoms with Crippen LogP contribution in [0.3, 0.4) is 0 Å². The maximum atomic E-state index is 11.7. The zero-order valence-corrected chi connectivity index (χ0v) is 10.3. The lowest BCUT2D eigenvalue weighted by molar-refractivity contribution is -0.128. The Labute approximate surface area is 88.5 Å². The summed E-state index contributed by atoms with van der Waals surface area (Å²) in [5, 5.41) is 2.78. The van der Waals surface area contributed by atoms with Gasteiger partial charge in [-0.25, -0.2) is 0 Å². The van der Waals surface area contributed by atoms with Crippen molar-refractivity contribution in [1.29, 1.82) is 0 Å². The van der Waals surface area contributed by atoms with Crippen LogP contribution in [0, 0.1) is 17.8 Å². The van der Waals surface area contributed by atoms with Crippen LogP contribution < -0.4 is 5.32 Å². The summed E-state index contributed by atoms with van der Waals surface area (Å²) in [7, 11) is 1.73. The first kappa shape index (κ1) is 13.5. The average Bonchev–Trinajstić information content (AvgIpc) is 2.16. The van der Waals surface area contributed by atoms with Crippen molar-refractivity contribution in [2.24, 2.45) is 17.8 Å². The van der Waals surface area contributed by atoms with E-state index in [9.17, 15) is 4.79 Å². The zero-order valence-electron chi connectivity index (χ0n) is 10.3. The van der Waals surface area contributed by atoms with Crippen molar-refractivity contribution < 1.29 is 4.79 Å². The van der Waals surface area contributed by atoms with E-state index in [0.717, 1.165) is 12.8 Å². The van der Waals surface area contributed by atoms with E-state index in [2.05, 4.69) is 33.0 Å². The third kappa shape index (κ3) is 3.69. The number of hydrogen-bond donors (Lipinski definition) is 1. The molecule has 0 aliphatic heterocycles. The van der Waals surface area contributed by atoms with Gasteiger partial charge in [0.15, 0.2) is 0 Å². The van der Waals surface area contributed by atoms with Gasteiger partial charge in [0, 0.05) is 13.0 Å². The van der Waals surface area contributed by atoms with Crippen LogP contribution >= 0.6 is 0 Å². The third-order valence-corrected chi connectivity index (χ3v) is 2.96. The van der Waals surface area contributed by atoms with Crippen molar-refractivity contribution >= 4 is 5.91 Å². The van der Waals surface area contributed by atoms with Crippen LogP contribution in [0.4, 0.5) is 0 Å². The van der Waals surface area contributed by atoms with Crippen molar-refractivity contribution in [3.8, 4) is 0 Å². The van der Waals surface area contributed by atoms with Crippen LogP contribution in [0.5, 0.6) is 0 Å². The molecule has 14 heavy (non-hydrogen) atoms. The molecule has 0 heterocycles. The molecular weight excluding hydrogens is 174 g/mol. The minimum absolute atomic E-state index is 0.185. The highest BCUT2D eigenvalue weighted by molar-refractivity contribution is 5.78. The Kier molecular flexibility index (Phi) is 6.60. The third-order valence-electron chi connectivity index (χ3n) is 2.96. The normalized spacial score (nSPS) is 15.3. The molecule has 0 aliphatic rings. The number of carbonyl (C=O) groups is 1. The van der Waals surface area contributed by atoms with Crippen molar-refractivity contribution in [2.45, 2.75) is 47.0 Å². The average molecular weight is 199 g/mol. The standard InChI is InChI=1S/C12H25NO/c1-6-8-10(7-2)11(9(3)4)12(14)13-5/h9-11H,6-8H2,1-5H3,(H,13,14). The molecule has 0 saturated carbocycles. The molecule has 0 saturated heterocycles. The molecule has 84 valence electrons. The second kappa shape index (κ2) is 6.86. The van der Waals surface area contributed by atoms with E-state index in [1.54, 1.807) is 7.05 Å². The first-order valence-electron chi connectivity index (χ1n) is 5.79. The SMILES string of the molecule is CCCC(CC)C(C(=O)NC)C(C)C. The molecule has 0 radical (unpaired) electrons. The fraction of sp³-hybridized carbons (Fsp3) is 0.917. The number of nitrogens with one attached hydrogen (secondary N) is 1. The lowest BCUT2D eigenvalue weighted by Gasteiger charge is -2.27. The Morgan fingerprint density at radius 3 is 2.14 bits per heavy atom. The summed E-state index contributed by atoms with van der Waals surface area (Å²) < 4.78 is 0. The minimum Gasteiger partial charge on any atom is -0.359 e. The molecule has 0 aromatic heterocycles. The van der Waals surface area contributed by atoms with Crippen LogP contribution in [0.25, 0.3) is 0 Å². The van der Waals surface area contributed by atoms with E-state index in [4.69, 9.17) is 0 Å². The highest BCUT2D eigenvalue weighted by Crippen LogP contribution is 2.27. The summed E-state index contributed by atoms with van der Waals surface area (Å²) in [5.41, 5.74) is 0. The molecule has 0 fully saturated rings. The van der Waals surface area contributed by atoms with Crippen molar-refractivity contribution in [3.05, 3.63) is 0 Å². The first-order chi connectivity index (χ1) is 6.58. The molecular formula is C12H25NO. The van der Waals surface area contributed by atoms with E-state index >= 15 is 0 Å². The molecule has 0 aromatic rings. The Morgan fingerprint density at radius 2 is 1.86 bits per heavy atom. The Hall–Kier alpha value is -0.530. The van der Waals surface area contributed by atoms with E-state index < -0.39 is 0 Å². The molecule has 2 nitrogen and oxygen atoms in total. The van der Waals surface area contributed by atoms with Crippen molar-refractivity contribution in [3.63, 3.8) is 0 Å². The van der Waals surface area contributed by atoms with E-state index in [1.165, 1.54) is 6.42 Å². The number of hydrogen-bond acceptors (Lipinski definition) is 1. The number of carbonyl (C=O) groups excluding carboxylic acids is 1. The van der Waals surface area contributed by atoms with Gasteiger partial charge in [0.1, 0.15) is 0 Å². The van der Waals surface area contributed by atoms with Gasteiger partial charge in [0.2, 0.25) is 5.91 Å². The van der Waals surface area contributed by atoms with Gasteiger partial charge in [-0.1, -0.05) is 40.5 Å². The molecule has 0 aromatic carbocycles. The van der Waals surface area contributed by atoms with Gasteiger partial charge in [-0.05, 0) is 18.3 Å². The number of amides is 1. The summed E-state index contributed by atoms with van der Waals surface area (Å²) in [5.74, 6) is 1.37. The van der Waals surface area contributed by atoms with Gasteiger partial charge in [-0.2, -0.15) is 0 Å². The molecule has 2 heteroatoms.